The van der Waals surface area contributed by atoms with E-state index in [-0.39, 0.29) is 0 Å². The summed E-state index contributed by atoms with van der Waals surface area (Å²) < 4.78 is 14.6. The van der Waals surface area contributed by atoms with Gasteiger partial charge in [-0.15, -0.1) is 0 Å². The number of rotatable bonds is 9. The number of hydrogen-bond acceptors (Lipinski definition) is 9. The van der Waals surface area contributed by atoms with Gasteiger partial charge in [-0.1, -0.05) is 36.2 Å². The SMILES string of the molecule is CSNCCNc1ncnc(NCc2cccc(-c3ccc4c(c3)OCCO4)c2C)n1. The van der Waals surface area contributed by atoms with E-state index >= 15 is 0 Å². The second kappa shape index (κ2) is 10.3. The van der Waals surface area contributed by atoms with Crippen LogP contribution < -0.4 is 24.8 Å². The molecule has 0 saturated heterocycles. The number of aromatic nitrogens is 3. The molecule has 3 aromatic rings. The normalized spacial score (nSPS) is 12.5. The Hall–Kier alpha value is -3.04. The molecule has 162 valence electrons. The lowest BCUT2D eigenvalue weighted by atomic mass is 9.96. The Morgan fingerprint density at radius 1 is 0.968 bits per heavy atom. The van der Waals surface area contributed by atoms with Gasteiger partial charge in [0.2, 0.25) is 11.9 Å². The smallest absolute Gasteiger partial charge is 0.227 e. The summed E-state index contributed by atoms with van der Waals surface area (Å²) in [7, 11) is 0. The van der Waals surface area contributed by atoms with E-state index in [1.165, 1.54) is 17.5 Å². The topological polar surface area (TPSA) is 93.2 Å². The maximum absolute atomic E-state index is 5.74. The molecule has 1 aliphatic rings. The van der Waals surface area contributed by atoms with Gasteiger partial charge in [-0.2, -0.15) is 4.98 Å². The van der Waals surface area contributed by atoms with Crippen molar-refractivity contribution in [1.29, 1.82) is 0 Å². The minimum Gasteiger partial charge on any atom is -0.486 e. The lowest BCUT2D eigenvalue weighted by molar-refractivity contribution is 0.171. The average molecular weight is 439 g/mol. The van der Waals surface area contributed by atoms with Gasteiger partial charge < -0.3 is 20.1 Å². The number of ether oxygens (including phenoxy) is 2. The first-order valence-electron chi connectivity index (χ1n) is 10.2. The molecule has 2 aromatic carbocycles. The predicted molar refractivity (Wildman–Crippen MR) is 125 cm³/mol. The summed E-state index contributed by atoms with van der Waals surface area (Å²) in [6, 6.07) is 12.4. The lowest BCUT2D eigenvalue weighted by Crippen LogP contribution is -2.17. The van der Waals surface area contributed by atoms with Gasteiger partial charge >= 0.3 is 0 Å². The second-order valence-electron chi connectivity index (χ2n) is 6.96. The largest absolute Gasteiger partial charge is 0.486 e. The summed E-state index contributed by atoms with van der Waals surface area (Å²) in [5.74, 6) is 2.69. The van der Waals surface area contributed by atoms with Gasteiger partial charge in [0.05, 0.1) is 0 Å². The van der Waals surface area contributed by atoms with Crippen LogP contribution in [-0.2, 0) is 6.54 Å². The van der Waals surface area contributed by atoms with Gasteiger partial charge in [-0.3, -0.25) is 4.72 Å². The fraction of sp³-hybridized carbons (Fsp3) is 0.318. The molecule has 0 amide bonds. The molecule has 1 aliphatic heterocycles. The van der Waals surface area contributed by atoms with E-state index in [1.54, 1.807) is 11.9 Å². The molecule has 0 radical (unpaired) electrons. The molecule has 2 heterocycles. The fourth-order valence-electron chi connectivity index (χ4n) is 3.37. The van der Waals surface area contributed by atoms with Crippen LogP contribution >= 0.6 is 11.9 Å². The average Bonchev–Trinajstić information content (AvgIpc) is 2.81. The van der Waals surface area contributed by atoms with Gasteiger partial charge in [0.15, 0.2) is 11.5 Å². The Morgan fingerprint density at radius 3 is 2.61 bits per heavy atom. The standard InChI is InChI=1S/C22H26N6O2S/c1-15-17(13-24-22-26-14-25-21(28-22)23-8-9-27-31-2)4-3-5-18(15)16-6-7-19-20(12-16)30-11-10-29-19/h3-7,12,14,27H,8-11,13H2,1-2H3,(H2,23,24,25,26,28). The summed E-state index contributed by atoms with van der Waals surface area (Å²) in [6.07, 6.45) is 3.51. The molecular weight excluding hydrogens is 412 g/mol. The molecule has 0 bridgehead atoms. The number of hydrogen-bond donors (Lipinski definition) is 3. The van der Waals surface area contributed by atoms with Crippen molar-refractivity contribution in [3.05, 3.63) is 53.9 Å². The number of anilines is 2. The molecule has 31 heavy (non-hydrogen) atoms. The monoisotopic (exact) mass is 438 g/mol. The molecule has 0 saturated carbocycles. The first kappa shape index (κ1) is 21.2. The number of nitrogens with one attached hydrogen (secondary N) is 3. The van der Waals surface area contributed by atoms with Gasteiger partial charge in [0.1, 0.15) is 19.5 Å². The van der Waals surface area contributed by atoms with E-state index in [2.05, 4.69) is 61.5 Å². The van der Waals surface area contributed by atoms with E-state index in [9.17, 15) is 0 Å². The van der Waals surface area contributed by atoms with Crippen molar-refractivity contribution in [2.45, 2.75) is 13.5 Å². The van der Waals surface area contributed by atoms with Crippen molar-refractivity contribution in [3.63, 3.8) is 0 Å². The van der Waals surface area contributed by atoms with Gasteiger partial charge in [0, 0.05) is 19.6 Å². The number of benzene rings is 2. The van der Waals surface area contributed by atoms with Crippen LogP contribution in [0.2, 0.25) is 0 Å². The van der Waals surface area contributed by atoms with E-state index in [0.29, 0.717) is 31.7 Å². The second-order valence-corrected chi connectivity index (χ2v) is 7.66. The van der Waals surface area contributed by atoms with Crippen molar-refractivity contribution in [1.82, 2.24) is 19.7 Å². The minimum absolute atomic E-state index is 0.541. The molecule has 0 unspecified atom stereocenters. The summed E-state index contributed by atoms with van der Waals surface area (Å²) >= 11 is 1.58. The first-order valence-corrected chi connectivity index (χ1v) is 11.4. The highest BCUT2D eigenvalue weighted by Gasteiger charge is 2.14. The third-order valence-electron chi connectivity index (χ3n) is 4.96. The third kappa shape index (κ3) is 5.36. The van der Waals surface area contributed by atoms with E-state index < -0.39 is 0 Å². The van der Waals surface area contributed by atoms with Crippen molar-refractivity contribution in [3.8, 4) is 22.6 Å². The summed E-state index contributed by atoms with van der Waals surface area (Å²) in [5, 5.41) is 6.49. The minimum atomic E-state index is 0.541. The summed E-state index contributed by atoms with van der Waals surface area (Å²) in [5.41, 5.74) is 4.64. The first-order chi connectivity index (χ1) is 15.2. The molecule has 0 fully saturated rings. The molecule has 0 aliphatic carbocycles. The highest BCUT2D eigenvalue weighted by molar-refractivity contribution is 7.96. The van der Waals surface area contributed by atoms with Crippen molar-refractivity contribution < 1.29 is 9.47 Å². The van der Waals surface area contributed by atoms with Crippen LogP contribution in [0.3, 0.4) is 0 Å². The van der Waals surface area contributed by atoms with Crippen LogP contribution in [0.15, 0.2) is 42.7 Å². The third-order valence-corrected chi connectivity index (χ3v) is 5.46. The van der Waals surface area contributed by atoms with Crippen LogP contribution in [0.5, 0.6) is 11.5 Å². The van der Waals surface area contributed by atoms with Crippen molar-refractivity contribution in [2.24, 2.45) is 0 Å². The van der Waals surface area contributed by atoms with Crippen LogP contribution in [-0.4, -0.2) is 47.5 Å². The Bertz CT molecular complexity index is 1030. The summed E-state index contributed by atoms with van der Waals surface area (Å²) in [6.45, 7) is 5.47. The van der Waals surface area contributed by atoms with Crippen LogP contribution in [0.25, 0.3) is 11.1 Å². The van der Waals surface area contributed by atoms with Gasteiger partial charge in [0.25, 0.3) is 0 Å². The lowest BCUT2D eigenvalue weighted by Gasteiger charge is -2.19. The molecule has 4 rings (SSSR count). The maximum Gasteiger partial charge on any atom is 0.227 e. The Kier molecular flexibility index (Phi) is 7.06. The van der Waals surface area contributed by atoms with Crippen LogP contribution in [0.1, 0.15) is 11.1 Å². The quantitative estimate of drug-likeness (QED) is 0.343. The van der Waals surface area contributed by atoms with Crippen LogP contribution in [0, 0.1) is 6.92 Å². The highest BCUT2D eigenvalue weighted by atomic mass is 32.2. The van der Waals surface area contributed by atoms with Crippen LogP contribution in [0.4, 0.5) is 11.9 Å². The van der Waals surface area contributed by atoms with E-state index in [0.717, 1.165) is 35.7 Å². The Balaban J connectivity index is 1.44. The Labute approximate surface area is 186 Å². The zero-order valence-electron chi connectivity index (χ0n) is 17.6. The number of nitrogens with zero attached hydrogens (tertiary/aromatic N) is 3. The van der Waals surface area contributed by atoms with E-state index in [4.69, 9.17) is 9.47 Å². The molecule has 0 spiro atoms. The molecular formula is C22H26N6O2S. The fourth-order valence-corrected chi connectivity index (χ4v) is 3.67. The van der Waals surface area contributed by atoms with Gasteiger partial charge in [-0.05, 0) is 47.6 Å². The van der Waals surface area contributed by atoms with Crippen molar-refractivity contribution >= 4 is 23.8 Å². The molecule has 1 aromatic heterocycles. The van der Waals surface area contributed by atoms with E-state index in [1.807, 2.05) is 18.4 Å². The zero-order valence-corrected chi connectivity index (χ0v) is 18.5. The predicted octanol–water partition coefficient (Wildman–Crippen LogP) is 3.51. The molecule has 3 N–H and O–H groups in total. The zero-order chi connectivity index (χ0) is 21.5. The van der Waals surface area contributed by atoms with Crippen molar-refractivity contribution in [2.75, 3.05) is 43.2 Å². The molecule has 0 atom stereocenters. The molecule has 9 heteroatoms. The highest BCUT2D eigenvalue weighted by Crippen LogP contribution is 2.36. The Morgan fingerprint density at radius 2 is 1.77 bits per heavy atom. The molecule has 8 nitrogen and oxygen atoms in total. The summed E-state index contributed by atoms with van der Waals surface area (Å²) in [4.78, 5) is 12.8. The number of fused-ring (bicyclic) bond motifs is 1. The maximum atomic E-state index is 5.74. The van der Waals surface area contributed by atoms with Gasteiger partial charge in [-0.25, -0.2) is 9.97 Å².